The number of hydrogen-bond donors (Lipinski definition) is 1. The van der Waals surface area contributed by atoms with Gasteiger partial charge in [0.05, 0.1) is 17.0 Å². The molecule has 8 heteroatoms. The van der Waals surface area contributed by atoms with E-state index in [1.807, 2.05) is 7.05 Å². The molecular formula is C14H22N4O3S. The number of amides is 1. The molecule has 1 aliphatic carbocycles. The lowest BCUT2D eigenvalue weighted by molar-refractivity contribution is 0.0683. The van der Waals surface area contributed by atoms with Gasteiger partial charge in [0.1, 0.15) is 0 Å². The maximum atomic E-state index is 12.8. The number of piperidine rings is 1. The quantitative estimate of drug-likeness (QED) is 0.868. The number of likely N-dealkylation sites (tertiary alicyclic amines) is 1. The molecule has 1 atom stereocenters. The SMILES string of the molecule is Cn1cc(C(=O)N2CCCC(CS(N)(=O)=O)C2)c(C2CC2)n1. The third-order valence-electron chi connectivity index (χ3n) is 4.33. The Labute approximate surface area is 130 Å². The Morgan fingerprint density at radius 1 is 1.41 bits per heavy atom. The lowest BCUT2D eigenvalue weighted by Gasteiger charge is -2.32. The van der Waals surface area contributed by atoms with E-state index in [0.717, 1.165) is 31.4 Å². The van der Waals surface area contributed by atoms with Gasteiger partial charge >= 0.3 is 0 Å². The predicted octanol–water partition coefficient (Wildman–Crippen LogP) is 0.438. The van der Waals surface area contributed by atoms with E-state index in [4.69, 9.17) is 5.14 Å². The van der Waals surface area contributed by atoms with Crippen molar-refractivity contribution < 1.29 is 13.2 Å². The third-order valence-corrected chi connectivity index (χ3v) is 5.26. The van der Waals surface area contributed by atoms with Crippen LogP contribution in [0.4, 0.5) is 0 Å². The van der Waals surface area contributed by atoms with Crippen LogP contribution in [-0.2, 0) is 17.1 Å². The summed E-state index contributed by atoms with van der Waals surface area (Å²) in [6.45, 7) is 1.12. The van der Waals surface area contributed by atoms with Gasteiger partial charge < -0.3 is 4.90 Å². The second-order valence-corrected chi connectivity index (χ2v) is 8.12. The molecule has 1 aromatic rings. The van der Waals surface area contributed by atoms with Crippen LogP contribution in [0.1, 0.15) is 47.7 Å². The van der Waals surface area contributed by atoms with Crippen LogP contribution in [0, 0.1) is 5.92 Å². The molecule has 7 nitrogen and oxygen atoms in total. The molecular weight excluding hydrogens is 304 g/mol. The molecule has 1 saturated carbocycles. The Bertz CT molecular complexity index is 678. The van der Waals surface area contributed by atoms with E-state index in [1.54, 1.807) is 15.8 Å². The van der Waals surface area contributed by atoms with E-state index in [1.165, 1.54) is 0 Å². The van der Waals surface area contributed by atoms with Crippen LogP contribution in [0.25, 0.3) is 0 Å². The summed E-state index contributed by atoms with van der Waals surface area (Å²) in [5, 5.41) is 9.55. The summed E-state index contributed by atoms with van der Waals surface area (Å²) in [5.74, 6) is 0.243. The first-order chi connectivity index (χ1) is 10.3. The van der Waals surface area contributed by atoms with Crippen molar-refractivity contribution in [1.82, 2.24) is 14.7 Å². The normalized spacial score (nSPS) is 22.8. The van der Waals surface area contributed by atoms with E-state index in [9.17, 15) is 13.2 Å². The number of hydrogen-bond acceptors (Lipinski definition) is 4. The minimum absolute atomic E-state index is 0.0332. The van der Waals surface area contributed by atoms with Crippen molar-refractivity contribution in [3.63, 3.8) is 0 Å². The molecule has 0 spiro atoms. The average Bonchev–Trinajstić information content (AvgIpc) is 3.19. The van der Waals surface area contributed by atoms with E-state index in [0.29, 0.717) is 24.6 Å². The molecule has 1 aromatic heterocycles. The van der Waals surface area contributed by atoms with Crippen molar-refractivity contribution in [1.29, 1.82) is 0 Å². The van der Waals surface area contributed by atoms with Gasteiger partial charge in [-0.15, -0.1) is 0 Å². The highest BCUT2D eigenvalue weighted by atomic mass is 32.2. The highest BCUT2D eigenvalue weighted by molar-refractivity contribution is 7.89. The Morgan fingerprint density at radius 3 is 2.77 bits per heavy atom. The smallest absolute Gasteiger partial charge is 0.257 e. The van der Waals surface area contributed by atoms with Gasteiger partial charge in [0.15, 0.2) is 0 Å². The van der Waals surface area contributed by atoms with E-state index in [-0.39, 0.29) is 17.6 Å². The van der Waals surface area contributed by atoms with Crippen molar-refractivity contribution in [2.24, 2.45) is 18.1 Å². The van der Waals surface area contributed by atoms with Gasteiger partial charge in [-0.25, -0.2) is 13.6 Å². The molecule has 0 aromatic carbocycles. The highest BCUT2D eigenvalue weighted by Crippen LogP contribution is 2.41. The van der Waals surface area contributed by atoms with Gasteiger partial charge in [-0.3, -0.25) is 9.48 Å². The Balaban J connectivity index is 1.74. The zero-order valence-corrected chi connectivity index (χ0v) is 13.6. The number of primary sulfonamides is 1. The maximum absolute atomic E-state index is 12.8. The molecule has 1 saturated heterocycles. The summed E-state index contributed by atoms with van der Waals surface area (Å²) in [5.41, 5.74) is 1.56. The van der Waals surface area contributed by atoms with Gasteiger partial charge in [-0.1, -0.05) is 0 Å². The monoisotopic (exact) mass is 326 g/mol. The second-order valence-electron chi connectivity index (χ2n) is 6.46. The predicted molar refractivity (Wildman–Crippen MR) is 81.8 cm³/mol. The minimum atomic E-state index is -3.50. The van der Waals surface area contributed by atoms with Crippen LogP contribution in [0.3, 0.4) is 0 Å². The molecule has 1 amide bonds. The topological polar surface area (TPSA) is 98.3 Å². The van der Waals surface area contributed by atoms with Crippen LogP contribution < -0.4 is 5.14 Å². The van der Waals surface area contributed by atoms with Crippen molar-refractivity contribution in [2.75, 3.05) is 18.8 Å². The van der Waals surface area contributed by atoms with Gasteiger partial charge in [0.25, 0.3) is 5.91 Å². The van der Waals surface area contributed by atoms with Crippen molar-refractivity contribution in [3.05, 3.63) is 17.5 Å². The Kier molecular flexibility index (Phi) is 3.98. The largest absolute Gasteiger partial charge is 0.338 e. The number of sulfonamides is 1. The molecule has 0 bridgehead atoms. The summed E-state index contributed by atoms with van der Waals surface area (Å²) in [6.07, 6.45) is 5.56. The maximum Gasteiger partial charge on any atom is 0.257 e. The summed E-state index contributed by atoms with van der Waals surface area (Å²) in [6, 6.07) is 0. The first-order valence-corrected chi connectivity index (χ1v) is 9.38. The number of nitrogens with zero attached hydrogens (tertiary/aromatic N) is 3. The molecule has 122 valence electrons. The number of aromatic nitrogens is 2. The van der Waals surface area contributed by atoms with Crippen molar-refractivity contribution in [2.45, 2.75) is 31.6 Å². The Hall–Kier alpha value is -1.41. The molecule has 3 rings (SSSR count). The Morgan fingerprint density at radius 2 is 2.14 bits per heavy atom. The molecule has 2 fully saturated rings. The molecule has 22 heavy (non-hydrogen) atoms. The molecule has 1 unspecified atom stereocenters. The summed E-state index contributed by atoms with van der Waals surface area (Å²) in [7, 11) is -1.68. The molecule has 0 radical (unpaired) electrons. The standard InChI is InChI=1S/C14H22N4O3S/c1-17-8-12(13(16-17)11-4-5-11)14(19)18-6-2-3-10(7-18)9-22(15,20)21/h8,10-11H,2-7,9H2,1H3,(H2,15,20,21). The van der Waals surface area contributed by atoms with E-state index in [2.05, 4.69) is 5.10 Å². The second kappa shape index (κ2) is 5.66. The first kappa shape index (κ1) is 15.5. The van der Waals surface area contributed by atoms with Crippen LogP contribution >= 0.6 is 0 Å². The van der Waals surface area contributed by atoms with Gasteiger partial charge in [-0.05, 0) is 31.6 Å². The minimum Gasteiger partial charge on any atom is -0.338 e. The fourth-order valence-electron chi connectivity index (χ4n) is 3.21. The van der Waals surface area contributed by atoms with Crippen molar-refractivity contribution in [3.8, 4) is 0 Å². The summed E-state index contributed by atoms with van der Waals surface area (Å²) < 4.78 is 24.2. The summed E-state index contributed by atoms with van der Waals surface area (Å²) >= 11 is 0. The summed E-state index contributed by atoms with van der Waals surface area (Å²) in [4.78, 5) is 14.5. The van der Waals surface area contributed by atoms with Crippen molar-refractivity contribution >= 4 is 15.9 Å². The van der Waals surface area contributed by atoms with Crippen LogP contribution in [0.5, 0.6) is 0 Å². The molecule has 2 aliphatic rings. The van der Waals surface area contributed by atoms with Crippen LogP contribution in [0.2, 0.25) is 0 Å². The van der Waals surface area contributed by atoms with Crippen LogP contribution in [0.15, 0.2) is 6.20 Å². The van der Waals surface area contributed by atoms with Gasteiger partial charge in [-0.2, -0.15) is 5.10 Å². The van der Waals surface area contributed by atoms with Crippen LogP contribution in [-0.4, -0.2) is 47.8 Å². The number of carbonyl (C=O) groups excluding carboxylic acids is 1. The number of aryl methyl sites for hydroxylation is 1. The average molecular weight is 326 g/mol. The third kappa shape index (κ3) is 3.49. The number of nitrogens with two attached hydrogens (primary N) is 1. The zero-order chi connectivity index (χ0) is 15.9. The molecule has 1 aliphatic heterocycles. The fourth-order valence-corrected chi connectivity index (χ4v) is 4.14. The van der Waals surface area contributed by atoms with E-state index >= 15 is 0 Å². The zero-order valence-electron chi connectivity index (χ0n) is 12.7. The van der Waals surface area contributed by atoms with Gasteiger partial charge in [0.2, 0.25) is 10.0 Å². The van der Waals surface area contributed by atoms with E-state index < -0.39 is 10.0 Å². The molecule has 2 heterocycles. The lowest BCUT2D eigenvalue weighted by atomic mass is 9.99. The number of rotatable bonds is 4. The molecule has 2 N–H and O–H groups in total. The lowest BCUT2D eigenvalue weighted by Crippen LogP contribution is -2.42. The highest BCUT2D eigenvalue weighted by Gasteiger charge is 2.34. The fraction of sp³-hybridized carbons (Fsp3) is 0.714. The first-order valence-electron chi connectivity index (χ1n) is 7.67. The number of carbonyl (C=O) groups is 1. The van der Waals surface area contributed by atoms with Gasteiger partial charge in [0, 0.05) is 32.3 Å².